The lowest BCUT2D eigenvalue weighted by Gasteiger charge is -2.46. The van der Waals surface area contributed by atoms with Crippen LogP contribution in [0.3, 0.4) is 0 Å². The Labute approximate surface area is 395 Å². The number of rotatable bonds is 6. The molecule has 0 fully saturated rings. The molecule has 1 unspecified atom stereocenters. The van der Waals surface area contributed by atoms with Gasteiger partial charge in [0.1, 0.15) is 12.0 Å². The van der Waals surface area contributed by atoms with Crippen LogP contribution in [0.4, 0.5) is 0 Å². The van der Waals surface area contributed by atoms with Crippen LogP contribution in [0.1, 0.15) is 70.1 Å². The third kappa shape index (κ3) is 6.14. The largest absolute Gasteiger partial charge is 0.344 e. The smallest absolute Gasteiger partial charge is 0.164 e. The first-order valence-corrected chi connectivity index (χ1v) is 23.3. The Bertz CT molecular complexity index is 3580. The van der Waals surface area contributed by atoms with Crippen molar-refractivity contribution in [1.82, 2.24) is 20.3 Å². The van der Waals surface area contributed by atoms with Crippen LogP contribution in [0.5, 0.6) is 0 Å². The molecule has 0 radical (unpaired) electrons. The summed E-state index contributed by atoms with van der Waals surface area (Å²) in [5.41, 5.74) is 14.7. The van der Waals surface area contributed by atoms with E-state index in [-0.39, 0.29) is 11.6 Å². The lowest BCUT2D eigenvalue weighted by Crippen LogP contribution is -2.40. The van der Waals surface area contributed by atoms with E-state index in [1.54, 1.807) is 0 Å². The molecule has 1 atom stereocenters. The second-order valence-electron chi connectivity index (χ2n) is 18.4. The molecule has 13 rings (SSSR count). The van der Waals surface area contributed by atoms with Crippen molar-refractivity contribution in [2.45, 2.75) is 30.8 Å². The zero-order valence-corrected chi connectivity index (χ0v) is 37.6. The summed E-state index contributed by atoms with van der Waals surface area (Å²) >= 11 is 0. The number of hydrogen-bond acceptors (Lipinski definition) is 6. The minimum Gasteiger partial charge on any atom is -0.344 e. The maximum Gasteiger partial charge on any atom is 0.164 e. The molecule has 9 aromatic carbocycles. The van der Waals surface area contributed by atoms with E-state index in [9.17, 15) is 0 Å². The van der Waals surface area contributed by atoms with E-state index in [1.165, 1.54) is 38.8 Å². The molecule has 2 heterocycles. The summed E-state index contributed by atoms with van der Waals surface area (Å²) < 4.78 is 0. The van der Waals surface area contributed by atoms with Crippen LogP contribution in [0.2, 0.25) is 0 Å². The van der Waals surface area contributed by atoms with Gasteiger partial charge in [-0.1, -0.05) is 220 Å². The summed E-state index contributed by atoms with van der Waals surface area (Å²) in [5, 5.41) is 6.10. The molecule has 0 amide bonds. The predicted octanol–water partition coefficient (Wildman–Crippen LogP) is 13.5. The van der Waals surface area contributed by atoms with Crippen molar-refractivity contribution in [3.8, 4) is 45.3 Å². The van der Waals surface area contributed by atoms with Crippen molar-refractivity contribution in [1.29, 1.82) is 0 Å². The van der Waals surface area contributed by atoms with E-state index in [0.29, 0.717) is 23.3 Å². The Hall–Kier alpha value is -8.61. The number of hydrogen-bond donors (Lipinski definition) is 1. The van der Waals surface area contributed by atoms with Crippen LogP contribution in [0.25, 0.3) is 56.1 Å². The number of fused-ring (bicyclic) bond motifs is 10. The summed E-state index contributed by atoms with van der Waals surface area (Å²) in [6.07, 6.45) is -0.357. The molecule has 1 N–H and O–H groups in total. The maximum atomic E-state index is 5.37. The Morgan fingerprint density at radius 2 is 0.941 bits per heavy atom. The first-order chi connectivity index (χ1) is 33.4. The molecular weight excluding hydrogens is 829 g/mol. The fourth-order valence-corrected chi connectivity index (χ4v) is 11.1. The van der Waals surface area contributed by atoms with Gasteiger partial charge >= 0.3 is 0 Å². The Balaban J connectivity index is 1.08. The van der Waals surface area contributed by atoms with Crippen LogP contribution in [-0.2, 0) is 10.8 Å². The fourth-order valence-electron chi connectivity index (χ4n) is 11.1. The highest BCUT2D eigenvalue weighted by Crippen LogP contribution is 2.63. The highest BCUT2D eigenvalue weighted by atomic mass is 15.2. The van der Waals surface area contributed by atoms with Crippen molar-refractivity contribution < 1.29 is 0 Å². The SMILES string of the molecule is CC1(C)c2ccccc2C2(c3ccc(C4=NC(c5ccc6ccccc6c5)=NC(c5ccccc5)N4)cc3-c3c(-c4nc(-c5ccccc5)nc(-c5ccccc5)n4)cccc32)c2ccccc21. The zero-order chi connectivity index (χ0) is 45.4. The minimum absolute atomic E-state index is 0.242. The van der Waals surface area contributed by atoms with Gasteiger partial charge in [-0.2, -0.15) is 0 Å². The van der Waals surface area contributed by atoms with Gasteiger partial charge in [0.05, 0.1) is 5.41 Å². The molecule has 0 saturated carbocycles. The number of benzene rings is 9. The number of aromatic nitrogens is 3. The van der Waals surface area contributed by atoms with Gasteiger partial charge in [0.2, 0.25) is 0 Å². The molecule has 10 aromatic rings. The molecule has 0 saturated heterocycles. The van der Waals surface area contributed by atoms with E-state index in [2.05, 4.69) is 195 Å². The Kier molecular flexibility index (Phi) is 9.06. The van der Waals surface area contributed by atoms with Gasteiger partial charge in [0, 0.05) is 33.2 Å². The molecule has 6 heteroatoms. The van der Waals surface area contributed by atoms with Crippen LogP contribution < -0.4 is 5.32 Å². The molecule has 1 aromatic heterocycles. The zero-order valence-electron chi connectivity index (χ0n) is 37.6. The van der Waals surface area contributed by atoms with E-state index < -0.39 is 5.41 Å². The first kappa shape index (κ1) is 39.7. The molecule has 3 aliphatic rings. The van der Waals surface area contributed by atoms with E-state index in [4.69, 9.17) is 24.9 Å². The number of nitrogens with zero attached hydrogens (tertiary/aromatic N) is 5. The molecule has 6 nitrogen and oxygen atoms in total. The van der Waals surface area contributed by atoms with Gasteiger partial charge in [-0.05, 0) is 73.0 Å². The average Bonchev–Trinajstić information content (AvgIpc) is 3.71. The van der Waals surface area contributed by atoms with Crippen molar-refractivity contribution in [2.24, 2.45) is 9.98 Å². The van der Waals surface area contributed by atoms with Gasteiger partial charge < -0.3 is 5.32 Å². The Morgan fingerprint density at radius 3 is 1.60 bits per heavy atom. The van der Waals surface area contributed by atoms with Crippen molar-refractivity contribution in [2.75, 3.05) is 0 Å². The standard InChI is InChI=1S/C62H44N6/c1-61(2)49-28-14-16-30-51(49)62(52-31-17-15-29-50(52)61)48-36-35-45(59-65-55(40-20-6-3-7-21-40)64-58(66-59)44-34-33-39-19-12-13-26-43(39)37-44)38-47(48)54-46(27-18-32-53(54)62)60-67-56(41-22-8-4-9-23-41)63-57(68-60)42-24-10-5-11-25-42/h3-38,55H,1-2H3,(H,64,65,66). The highest BCUT2D eigenvalue weighted by molar-refractivity contribution is 6.14. The fraction of sp³-hybridized carbons (Fsp3) is 0.0806. The minimum atomic E-state index is -0.647. The second kappa shape index (κ2) is 15.5. The third-order valence-electron chi connectivity index (χ3n) is 14.2. The number of aliphatic imine (C=N–C) groups is 2. The van der Waals surface area contributed by atoms with Crippen LogP contribution in [0, 0.1) is 0 Å². The maximum absolute atomic E-state index is 5.37. The molecule has 0 bridgehead atoms. The highest BCUT2D eigenvalue weighted by Gasteiger charge is 2.54. The van der Waals surface area contributed by atoms with Gasteiger partial charge in [0.15, 0.2) is 23.3 Å². The van der Waals surface area contributed by atoms with E-state index in [1.807, 2.05) is 42.5 Å². The van der Waals surface area contributed by atoms with Gasteiger partial charge in [-0.3, -0.25) is 0 Å². The lowest BCUT2D eigenvalue weighted by atomic mass is 9.55. The average molecular weight is 873 g/mol. The third-order valence-corrected chi connectivity index (χ3v) is 14.2. The summed E-state index contributed by atoms with van der Waals surface area (Å²) in [5.74, 6) is 3.29. The molecule has 1 spiro atoms. The van der Waals surface area contributed by atoms with Crippen molar-refractivity contribution >= 4 is 22.4 Å². The van der Waals surface area contributed by atoms with E-state index in [0.717, 1.165) is 55.7 Å². The van der Waals surface area contributed by atoms with Crippen LogP contribution in [-0.4, -0.2) is 26.6 Å². The molecule has 322 valence electrons. The molecule has 1 aliphatic heterocycles. The Morgan fingerprint density at radius 1 is 0.397 bits per heavy atom. The van der Waals surface area contributed by atoms with Gasteiger partial charge in [0.25, 0.3) is 0 Å². The van der Waals surface area contributed by atoms with Gasteiger partial charge in [-0.15, -0.1) is 0 Å². The number of amidine groups is 2. The van der Waals surface area contributed by atoms with E-state index >= 15 is 0 Å². The molecular formula is C62H44N6. The first-order valence-electron chi connectivity index (χ1n) is 23.3. The summed E-state index contributed by atoms with van der Waals surface area (Å²) in [4.78, 5) is 26.4. The molecule has 2 aliphatic carbocycles. The van der Waals surface area contributed by atoms with Crippen molar-refractivity contribution in [3.63, 3.8) is 0 Å². The van der Waals surface area contributed by atoms with Crippen molar-refractivity contribution in [3.05, 3.63) is 268 Å². The molecule has 68 heavy (non-hydrogen) atoms. The lowest BCUT2D eigenvalue weighted by molar-refractivity contribution is 0.563. The number of nitrogens with one attached hydrogen (secondary N) is 1. The normalized spacial score (nSPS) is 15.9. The quantitative estimate of drug-likeness (QED) is 0.181. The van der Waals surface area contributed by atoms with Crippen LogP contribution in [0.15, 0.2) is 228 Å². The van der Waals surface area contributed by atoms with Gasteiger partial charge in [-0.25, -0.2) is 24.9 Å². The predicted molar refractivity (Wildman–Crippen MR) is 275 cm³/mol. The van der Waals surface area contributed by atoms with Crippen LogP contribution >= 0.6 is 0 Å². The monoisotopic (exact) mass is 872 g/mol. The topological polar surface area (TPSA) is 75.4 Å². The summed E-state index contributed by atoms with van der Waals surface area (Å²) in [6, 6.07) is 77.5. The summed E-state index contributed by atoms with van der Waals surface area (Å²) in [6.45, 7) is 4.72. The second-order valence-corrected chi connectivity index (χ2v) is 18.4. The summed E-state index contributed by atoms with van der Waals surface area (Å²) in [7, 11) is 0.